The number of nitrogens with zero attached hydrogens (tertiary/aromatic N) is 3. The maximum Gasteiger partial charge on any atom is 0.253 e. The second-order valence-corrected chi connectivity index (χ2v) is 5.98. The van der Waals surface area contributed by atoms with E-state index in [2.05, 4.69) is 9.55 Å². The number of aliphatic hydroxyl groups is 1. The van der Waals surface area contributed by atoms with Crippen LogP contribution in [0.4, 0.5) is 0 Å². The number of fused-ring (bicyclic) bond motifs is 1. The largest absolute Gasteiger partial charge is 0.394 e. The summed E-state index contributed by atoms with van der Waals surface area (Å²) in [5, 5.41) is 9.23. The van der Waals surface area contributed by atoms with E-state index in [1.165, 1.54) is 0 Å². The molecular formula is C19H21N3O2. The predicted molar refractivity (Wildman–Crippen MR) is 94.4 cm³/mol. The van der Waals surface area contributed by atoms with E-state index in [0.29, 0.717) is 5.56 Å². The zero-order valence-electron chi connectivity index (χ0n) is 14.1. The Hall–Kier alpha value is -2.66. The number of carbonyl (C=O) groups excluding carboxylic acids is 1. The number of amides is 1. The van der Waals surface area contributed by atoms with Crippen LogP contribution < -0.4 is 0 Å². The molecule has 3 aromatic rings. The third-order valence-electron chi connectivity index (χ3n) is 4.33. The zero-order chi connectivity index (χ0) is 17.3. The third-order valence-corrected chi connectivity index (χ3v) is 4.33. The average molecular weight is 323 g/mol. The van der Waals surface area contributed by atoms with Crippen LogP contribution in [0.15, 0.2) is 48.5 Å². The fraction of sp³-hybridized carbons (Fsp3) is 0.263. The van der Waals surface area contributed by atoms with Gasteiger partial charge in [0.2, 0.25) is 0 Å². The Morgan fingerprint density at radius 3 is 2.62 bits per heavy atom. The van der Waals surface area contributed by atoms with Gasteiger partial charge in [-0.2, -0.15) is 0 Å². The molecule has 0 aliphatic carbocycles. The molecule has 2 aromatic carbocycles. The summed E-state index contributed by atoms with van der Waals surface area (Å²) in [4.78, 5) is 18.7. The summed E-state index contributed by atoms with van der Waals surface area (Å²) >= 11 is 0. The van der Waals surface area contributed by atoms with E-state index in [4.69, 9.17) is 0 Å². The zero-order valence-corrected chi connectivity index (χ0v) is 14.1. The van der Waals surface area contributed by atoms with Crippen LogP contribution in [0.2, 0.25) is 0 Å². The first kappa shape index (κ1) is 16.2. The first-order valence-electron chi connectivity index (χ1n) is 7.95. The maximum atomic E-state index is 12.5. The van der Waals surface area contributed by atoms with E-state index in [1.807, 2.05) is 62.4 Å². The molecule has 24 heavy (non-hydrogen) atoms. The van der Waals surface area contributed by atoms with E-state index in [-0.39, 0.29) is 18.6 Å². The summed E-state index contributed by atoms with van der Waals surface area (Å²) in [6.07, 6.45) is 0. The third kappa shape index (κ3) is 2.78. The van der Waals surface area contributed by atoms with Crippen molar-refractivity contribution in [2.45, 2.75) is 19.9 Å². The molecule has 1 unspecified atom stereocenters. The normalized spacial score (nSPS) is 12.3. The first-order valence-corrected chi connectivity index (χ1v) is 7.95. The molecule has 0 saturated carbocycles. The van der Waals surface area contributed by atoms with E-state index in [9.17, 15) is 9.90 Å². The lowest BCUT2D eigenvalue weighted by atomic mass is 10.1. The highest BCUT2D eigenvalue weighted by atomic mass is 16.3. The van der Waals surface area contributed by atoms with Crippen LogP contribution in [0.25, 0.3) is 16.7 Å². The summed E-state index contributed by atoms with van der Waals surface area (Å²) < 4.78 is 2.07. The van der Waals surface area contributed by atoms with Gasteiger partial charge in [0.05, 0.1) is 23.7 Å². The average Bonchev–Trinajstić information content (AvgIpc) is 2.95. The molecule has 3 rings (SSSR count). The molecule has 0 spiro atoms. The molecule has 0 saturated heterocycles. The highest BCUT2D eigenvalue weighted by Gasteiger charge is 2.18. The lowest BCUT2D eigenvalue weighted by Gasteiger charge is -2.23. The molecule has 5 nitrogen and oxygen atoms in total. The smallest absolute Gasteiger partial charge is 0.253 e. The van der Waals surface area contributed by atoms with Gasteiger partial charge in [0.25, 0.3) is 5.91 Å². The number of likely N-dealkylation sites (N-methyl/N-ethyl adjacent to an activating group) is 1. The monoisotopic (exact) mass is 323 g/mol. The van der Waals surface area contributed by atoms with Gasteiger partial charge in [-0.05, 0) is 44.2 Å². The number of aryl methyl sites for hydroxylation is 1. The van der Waals surface area contributed by atoms with Gasteiger partial charge in [-0.25, -0.2) is 4.98 Å². The molecule has 0 radical (unpaired) electrons. The molecule has 0 aliphatic rings. The molecule has 1 aromatic heterocycles. The minimum atomic E-state index is -0.225. The Morgan fingerprint density at radius 1 is 1.25 bits per heavy atom. The summed E-state index contributed by atoms with van der Waals surface area (Å²) in [6.45, 7) is 3.70. The predicted octanol–water partition coefficient (Wildman–Crippen LogP) is 2.79. The van der Waals surface area contributed by atoms with Crippen LogP contribution in [0.5, 0.6) is 0 Å². The second kappa shape index (κ2) is 6.45. The number of rotatable bonds is 4. The first-order chi connectivity index (χ1) is 11.5. The van der Waals surface area contributed by atoms with Crippen molar-refractivity contribution in [1.29, 1.82) is 0 Å². The van der Waals surface area contributed by atoms with Crippen LogP contribution in [-0.2, 0) is 0 Å². The SMILES string of the molecule is Cc1nc2cc(C(=O)N(C)C(C)CO)ccc2n1-c1ccccc1. The van der Waals surface area contributed by atoms with Crippen LogP contribution in [0.3, 0.4) is 0 Å². The number of carbonyl (C=O) groups is 1. The van der Waals surface area contributed by atoms with Crippen molar-refractivity contribution in [3.8, 4) is 5.69 Å². The lowest BCUT2D eigenvalue weighted by Crippen LogP contribution is -2.37. The molecule has 1 atom stereocenters. The highest BCUT2D eigenvalue weighted by Crippen LogP contribution is 2.23. The van der Waals surface area contributed by atoms with E-state index < -0.39 is 0 Å². The molecule has 1 heterocycles. The summed E-state index contributed by atoms with van der Waals surface area (Å²) in [5.41, 5.74) is 3.37. The quantitative estimate of drug-likeness (QED) is 0.803. The van der Waals surface area contributed by atoms with Crippen molar-refractivity contribution in [3.05, 3.63) is 59.9 Å². The molecule has 124 valence electrons. The summed E-state index contributed by atoms with van der Waals surface area (Å²) in [7, 11) is 1.70. The van der Waals surface area contributed by atoms with Crippen LogP contribution in [0.1, 0.15) is 23.1 Å². The van der Waals surface area contributed by atoms with Crippen molar-refractivity contribution >= 4 is 16.9 Å². The number of aliphatic hydroxyl groups excluding tert-OH is 1. The number of hydrogen-bond donors (Lipinski definition) is 1. The van der Waals surface area contributed by atoms with Crippen molar-refractivity contribution in [3.63, 3.8) is 0 Å². The van der Waals surface area contributed by atoms with Gasteiger partial charge < -0.3 is 10.0 Å². The lowest BCUT2D eigenvalue weighted by molar-refractivity contribution is 0.0682. The van der Waals surface area contributed by atoms with Crippen molar-refractivity contribution in [2.24, 2.45) is 0 Å². The van der Waals surface area contributed by atoms with Gasteiger partial charge in [-0.1, -0.05) is 18.2 Å². The van der Waals surface area contributed by atoms with Crippen molar-refractivity contribution in [2.75, 3.05) is 13.7 Å². The number of imidazole rings is 1. The number of benzene rings is 2. The Kier molecular flexibility index (Phi) is 4.36. The molecule has 1 amide bonds. The van der Waals surface area contributed by atoms with Crippen LogP contribution >= 0.6 is 0 Å². The second-order valence-electron chi connectivity index (χ2n) is 5.98. The minimum absolute atomic E-state index is 0.0633. The van der Waals surface area contributed by atoms with Gasteiger partial charge in [-0.3, -0.25) is 9.36 Å². The highest BCUT2D eigenvalue weighted by molar-refractivity contribution is 5.97. The van der Waals surface area contributed by atoms with E-state index in [0.717, 1.165) is 22.5 Å². The number of hydrogen-bond acceptors (Lipinski definition) is 3. The molecule has 0 fully saturated rings. The Bertz CT molecular complexity index is 871. The van der Waals surface area contributed by atoms with Gasteiger partial charge >= 0.3 is 0 Å². The molecular weight excluding hydrogens is 302 g/mol. The standard InChI is InChI=1S/C19H21N3O2/c1-13(12-23)21(3)19(24)15-9-10-18-17(11-15)20-14(2)22(18)16-7-5-4-6-8-16/h4-11,13,23H,12H2,1-3H3. The van der Waals surface area contributed by atoms with Gasteiger partial charge in [-0.15, -0.1) is 0 Å². The Morgan fingerprint density at radius 2 is 1.96 bits per heavy atom. The van der Waals surface area contributed by atoms with Gasteiger partial charge in [0, 0.05) is 18.3 Å². The summed E-state index contributed by atoms with van der Waals surface area (Å²) in [5.74, 6) is 0.753. The van der Waals surface area contributed by atoms with E-state index >= 15 is 0 Å². The van der Waals surface area contributed by atoms with Gasteiger partial charge in [0.15, 0.2) is 0 Å². The molecule has 0 bridgehead atoms. The molecule has 1 N–H and O–H groups in total. The van der Waals surface area contributed by atoms with Gasteiger partial charge in [0.1, 0.15) is 5.82 Å². The number of para-hydroxylation sites is 1. The fourth-order valence-electron chi connectivity index (χ4n) is 2.76. The molecule has 0 aliphatic heterocycles. The van der Waals surface area contributed by atoms with Crippen LogP contribution in [0, 0.1) is 6.92 Å². The van der Waals surface area contributed by atoms with E-state index in [1.54, 1.807) is 11.9 Å². The fourth-order valence-corrected chi connectivity index (χ4v) is 2.76. The molecule has 5 heteroatoms. The topological polar surface area (TPSA) is 58.4 Å². The van der Waals surface area contributed by atoms with Crippen LogP contribution in [-0.4, -0.2) is 45.2 Å². The van der Waals surface area contributed by atoms with Crippen molar-refractivity contribution < 1.29 is 9.90 Å². The maximum absolute atomic E-state index is 12.5. The van der Waals surface area contributed by atoms with Crippen molar-refractivity contribution in [1.82, 2.24) is 14.5 Å². The minimum Gasteiger partial charge on any atom is -0.394 e. The number of aromatic nitrogens is 2. The Balaban J connectivity index is 2.04. The summed E-state index contributed by atoms with van der Waals surface area (Å²) in [6, 6.07) is 15.3. The Labute approximate surface area is 141 Å².